The molecular formula is C23H14ClF4N3O3. The van der Waals surface area contributed by atoms with E-state index in [4.69, 9.17) is 16.3 Å². The summed E-state index contributed by atoms with van der Waals surface area (Å²) < 4.78 is 58.3. The molecule has 4 aromatic rings. The number of amides is 1. The summed E-state index contributed by atoms with van der Waals surface area (Å²) in [7, 11) is 1.29. The highest BCUT2D eigenvalue weighted by Crippen LogP contribution is 2.37. The lowest BCUT2D eigenvalue weighted by molar-refractivity contribution is -0.138. The zero-order valence-electron chi connectivity index (χ0n) is 17.3. The van der Waals surface area contributed by atoms with Crippen LogP contribution in [0.1, 0.15) is 15.9 Å². The van der Waals surface area contributed by atoms with Crippen molar-refractivity contribution in [1.29, 1.82) is 0 Å². The quantitative estimate of drug-likeness (QED) is 0.385. The minimum absolute atomic E-state index is 0.000398. The summed E-state index contributed by atoms with van der Waals surface area (Å²) in [6.45, 7) is 0. The highest BCUT2D eigenvalue weighted by molar-refractivity contribution is 6.38. The third kappa shape index (κ3) is 4.32. The van der Waals surface area contributed by atoms with Crippen LogP contribution in [-0.2, 0) is 6.18 Å². The van der Waals surface area contributed by atoms with Gasteiger partial charge >= 0.3 is 6.18 Å². The third-order valence-electron chi connectivity index (χ3n) is 4.95. The maximum Gasteiger partial charge on any atom is 0.418 e. The zero-order valence-corrected chi connectivity index (χ0v) is 18.0. The Morgan fingerprint density at radius 2 is 1.85 bits per heavy atom. The van der Waals surface area contributed by atoms with Crippen LogP contribution < -0.4 is 15.6 Å². The summed E-state index contributed by atoms with van der Waals surface area (Å²) in [5.74, 6) is -1.20. The van der Waals surface area contributed by atoms with Crippen molar-refractivity contribution in [1.82, 2.24) is 9.78 Å². The molecule has 34 heavy (non-hydrogen) atoms. The van der Waals surface area contributed by atoms with Gasteiger partial charge in [-0.3, -0.25) is 9.59 Å². The van der Waals surface area contributed by atoms with Gasteiger partial charge in [-0.25, -0.2) is 4.39 Å². The van der Waals surface area contributed by atoms with Gasteiger partial charge in [-0.05, 0) is 35.7 Å². The van der Waals surface area contributed by atoms with E-state index in [2.05, 4.69) is 10.4 Å². The fourth-order valence-electron chi connectivity index (χ4n) is 3.37. The molecule has 0 spiro atoms. The number of nitrogens with one attached hydrogen (secondary N) is 1. The van der Waals surface area contributed by atoms with Crippen molar-refractivity contribution in [3.63, 3.8) is 0 Å². The van der Waals surface area contributed by atoms with Crippen molar-refractivity contribution < 1.29 is 27.1 Å². The Morgan fingerprint density at radius 1 is 1.12 bits per heavy atom. The van der Waals surface area contributed by atoms with Crippen molar-refractivity contribution >= 4 is 34.0 Å². The lowest BCUT2D eigenvalue weighted by atomic mass is 10.0. The number of rotatable bonds is 4. The molecule has 174 valence electrons. The van der Waals surface area contributed by atoms with E-state index in [1.165, 1.54) is 49.6 Å². The first-order chi connectivity index (χ1) is 16.1. The standard InChI is InChI=1S/C23H14ClF4N3O3/c1-34-21-16(8-12-6-7-14(25)10-15(12)20(21)24)22(33)30-17-4-2-3-5-18(17)31-19(32)9-13(11-29-31)23(26,27)28/h2-11H,1H3,(H,30,33). The molecule has 1 aromatic heterocycles. The van der Waals surface area contributed by atoms with Crippen molar-refractivity contribution in [3.8, 4) is 11.4 Å². The summed E-state index contributed by atoms with van der Waals surface area (Å²) in [6.07, 6.45) is -4.21. The van der Waals surface area contributed by atoms with Crippen LogP contribution in [0.25, 0.3) is 16.5 Å². The molecule has 3 aromatic carbocycles. The number of hydrogen-bond acceptors (Lipinski definition) is 4. The number of ether oxygens (including phenoxy) is 1. The second-order valence-electron chi connectivity index (χ2n) is 7.10. The van der Waals surface area contributed by atoms with Crippen LogP contribution in [0.3, 0.4) is 0 Å². The minimum atomic E-state index is -4.73. The molecule has 0 aliphatic heterocycles. The molecule has 0 fully saturated rings. The average Bonchev–Trinajstić information content (AvgIpc) is 2.79. The minimum Gasteiger partial charge on any atom is -0.494 e. The van der Waals surface area contributed by atoms with Gasteiger partial charge in [-0.2, -0.15) is 23.0 Å². The van der Waals surface area contributed by atoms with Crippen molar-refractivity contribution in [2.24, 2.45) is 0 Å². The van der Waals surface area contributed by atoms with Crippen LogP contribution in [0.2, 0.25) is 5.02 Å². The number of halogens is 5. The van der Waals surface area contributed by atoms with Gasteiger partial charge in [0.05, 0.1) is 40.8 Å². The lowest BCUT2D eigenvalue weighted by Gasteiger charge is -2.16. The number of nitrogens with zero attached hydrogens (tertiary/aromatic N) is 2. The summed E-state index contributed by atoms with van der Waals surface area (Å²) in [4.78, 5) is 25.5. The fourth-order valence-corrected chi connectivity index (χ4v) is 3.71. The second-order valence-corrected chi connectivity index (χ2v) is 7.48. The third-order valence-corrected chi connectivity index (χ3v) is 5.33. The molecule has 0 atom stereocenters. The van der Waals surface area contributed by atoms with Gasteiger partial charge in [0.25, 0.3) is 11.5 Å². The molecule has 0 aliphatic carbocycles. The van der Waals surface area contributed by atoms with E-state index in [1.54, 1.807) is 6.07 Å². The van der Waals surface area contributed by atoms with Crippen molar-refractivity contribution in [3.05, 3.63) is 93.1 Å². The number of carbonyl (C=O) groups is 1. The first-order valence-corrected chi connectivity index (χ1v) is 10.0. The SMILES string of the molecule is COc1c(C(=O)Nc2ccccc2-n2ncc(C(F)(F)F)cc2=O)cc2ccc(F)cc2c1Cl. The van der Waals surface area contributed by atoms with Crippen molar-refractivity contribution in [2.75, 3.05) is 12.4 Å². The van der Waals surface area contributed by atoms with Gasteiger partial charge in [0.15, 0.2) is 5.75 Å². The Balaban J connectivity index is 1.76. The Labute approximate surface area is 194 Å². The number of carbonyl (C=O) groups excluding carboxylic acids is 1. The molecule has 4 rings (SSSR count). The Kier molecular flexibility index (Phi) is 6.01. The summed E-state index contributed by atoms with van der Waals surface area (Å²) in [5, 5.41) is 7.05. The number of alkyl halides is 3. The molecule has 0 saturated carbocycles. The highest BCUT2D eigenvalue weighted by atomic mass is 35.5. The van der Waals surface area contributed by atoms with Crippen LogP contribution in [0.15, 0.2) is 65.6 Å². The maximum atomic E-state index is 13.7. The first kappa shape index (κ1) is 23.2. The van der Waals surface area contributed by atoms with Gasteiger partial charge in [-0.1, -0.05) is 29.8 Å². The Hall–Kier alpha value is -3.92. The van der Waals surface area contributed by atoms with E-state index in [9.17, 15) is 27.2 Å². The maximum absolute atomic E-state index is 13.7. The van der Waals surface area contributed by atoms with Crippen LogP contribution in [0.4, 0.5) is 23.2 Å². The van der Waals surface area contributed by atoms with E-state index in [0.29, 0.717) is 23.0 Å². The van der Waals surface area contributed by atoms with Crippen LogP contribution in [0.5, 0.6) is 5.75 Å². The monoisotopic (exact) mass is 491 g/mol. The van der Waals surface area contributed by atoms with Gasteiger partial charge in [0.1, 0.15) is 5.82 Å². The van der Waals surface area contributed by atoms with Gasteiger partial charge in [0, 0.05) is 11.5 Å². The van der Waals surface area contributed by atoms with Crippen LogP contribution in [-0.4, -0.2) is 22.8 Å². The molecule has 1 amide bonds. The predicted octanol–water partition coefficient (Wildman–Crippen LogP) is 5.46. The van der Waals surface area contributed by atoms with E-state index in [0.717, 1.165) is 4.68 Å². The lowest BCUT2D eigenvalue weighted by Crippen LogP contribution is -2.24. The normalized spacial score (nSPS) is 11.5. The van der Waals surface area contributed by atoms with Gasteiger partial charge in [-0.15, -0.1) is 0 Å². The molecule has 11 heteroatoms. The Bertz CT molecular complexity index is 1490. The molecule has 0 bridgehead atoms. The molecule has 0 aliphatic rings. The molecule has 0 saturated heterocycles. The average molecular weight is 492 g/mol. The number of aromatic nitrogens is 2. The molecule has 1 heterocycles. The predicted molar refractivity (Wildman–Crippen MR) is 118 cm³/mol. The molecule has 1 N–H and O–H groups in total. The topological polar surface area (TPSA) is 73.2 Å². The van der Waals surface area contributed by atoms with E-state index in [1.807, 2.05) is 0 Å². The second kappa shape index (κ2) is 8.79. The fraction of sp³-hybridized carbons (Fsp3) is 0.0870. The largest absolute Gasteiger partial charge is 0.494 e. The van der Waals surface area contributed by atoms with Gasteiger partial charge < -0.3 is 10.1 Å². The number of benzene rings is 3. The molecule has 0 radical (unpaired) electrons. The molecule has 6 nitrogen and oxygen atoms in total. The zero-order chi connectivity index (χ0) is 24.6. The Morgan fingerprint density at radius 3 is 2.53 bits per heavy atom. The van der Waals surface area contributed by atoms with E-state index in [-0.39, 0.29) is 27.7 Å². The number of anilines is 1. The summed E-state index contributed by atoms with van der Waals surface area (Å²) in [5.41, 5.74) is -2.07. The van der Waals surface area contributed by atoms with Crippen LogP contribution in [0, 0.1) is 5.82 Å². The van der Waals surface area contributed by atoms with Gasteiger partial charge in [0.2, 0.25) is 0 Å². The van der Waals surface area contributed by atoms with Crippen molar-refractivity contribution in [2.45, 2.75) is 6.18 Å². The van der Waals surface area contributed by atoms with E-state index >= 15 is 0 Å². The highest BCUT2D eigenvalue weighted by Gasteiger charge is 2.32. The number of para-hydroxylation sites is 2. The van der Waals surface area contributed by atoms with Crippen LogP contribution >= 0.6 is 11.6 Å². The summed E-state index contributed by atoms with van der Waals surface area (Å²) in [6, 6.07) is 11.7. The number of hydrogen-bond donors (Lipinski definition) is 1. The van der Waals surface area contributed by atoms with E-state index < -0.39 is 29.0 Å². The molecule has 0 unspecified atom stereocenters. The number of fused-ring (bicyclic) bond motifs is 1. The molecular weight excluding hydrogens is 478 g/mol. The summed E-state index contributed by atoms with van der Waals surface area (Å²) >= 11 is 6.35. The first-order valence-electron chi connectivity index (χ1n) is 9.63. The number of methoxy groups -OCH3 is 1. The smallest absolute Gasteiger partial charge is 0.418 e.